The fourth-order valence-corrected chi connectivity index (χ4v) is 2.28. The number of nitrogens with zero attached hydrogens (tertiary/aromatic N) is 1. The number of hydrogen-bond acceptors (Lipinski definition) is 3. The molecule has 0 unspecified atom stereocenters. The second-order valence-electron chi connectivity index (χ2n) is 4.92. The maximum Gasteiger partial charge on any atom is 0.293 e. The second-order valence-corrected chi connectivity index (χ2v) is 4.92. The number of hydrogen-bond donors (Lipinski definition) is 0. The third-order valence-electron chi connectivity index (χ3n) is 2.91. The minimum atomic E-state index is -0.0646. The molecule has 1 aromatic carbocycles. The van der Waals surface area contributed by atoms with Crippen LogP contribution in [0.5, 0.6) is 0 Å². The standard InChI is InChI=1S/C14H17NO2/c1-14(2)9-11-5-3-4-6-12(11)13(15-14)7-8-17-10-16/h3-6,10H,7-9H2,1-2H3. The number of aliphatic imine (C=N–C) groups is 1. The fraction of sp³-hybridized carbons (Fsp3) is 0.429. The first-order valence-corrected chi connectivity index (χ1v) is 5.85. The lowest BCUT2D eigenvalue weighted by atomic mass is 9.86. The zero-order valence-electron chi connectivity index (χ0n) is 10.3. The third-order valence-corrected chi connectivity index (χ3v) is 2.91. The Morgan fingerprint density at radius 1 is 1.41 bits per heavy atom. The van der Waals surface area contributed by atoms with Crippen molar-refractivity contribution in [2.45, 2.75) is 32.2 Å². The Balaban J connectivity index is 2.27. The average molecular weight is 231 g/mol. The molecule has 3 heteroatoms. The minimum Gasteiger partial charge on any atom is -0.467 e. The number of rotatable bonds is 4. The van der Waals surface area contributed by atoms with Gasteiger partial charge in [-0.15, -0.1) is 0 Å². The van der Waals surface area contributed by atoms with E-state index in [-0.39, 0.29) is 5.54 Å². The van der Waals surface area contributed by atoms with Gasteiger partial charge in [0.1, 0.15) is 0 Å². The molecular weight excluding hydrogens is 214 g/mol. The van der Waals surface area contributed by atoms with Crippen molar-refractivity contribution >= 4 is 12.2 Å². The van der Waals surface area contributed by atoms with E-state index in [0.29, 0.717) is 19.5 Å². The van der Waals surface area contributed by atoms with Gasteiger partial charge in [0.2, 0.25) is 0 Å². The van der Waals surface area contributed by atoms with Crippen LogP contribution in [0.1, 0.15) is 31.4 Å². The molecule has 1 aliphatic rings. The van der Waals surface area contributed by atoms with Crippen LogP contribution in [0.2, 0.25) is 0 Å². The summed E-state index contributed by atoms with van der Waals surface area (Å²) in [4.78, 5) is 14.9. The molecule has 0 N–H and O–H groups in total. The zero-order valence-corrected chi connectivity index (χ0v) is 10.3. The molecule has 0 atom stereocenters. The van der Waals surface area contributed by atoms with Gasteiger partial charge in [-0.1, -0.05) is 24.3 Å². The maximum absolute atomic E-state index is 10.2. The molecule has 0 spiro atoms. The highest BCUT2D eigenvalue weighted by atomic mass is 16.5. The van der Waals surface area contributed by atoms with Gasteiger partial charge in [-0.05, 0) is 31.4 Å². The maximum atomic E-state index is 10.2. The zero-order chi connectivity index (χ0) is 12.3. The smallest absolute Gasteiger partial charge is 0.293 e. The van der Waals surface area contributed by atoms with Crippen LogP contribution in [0.3, 0.4) is 0 Å². The van der Waals surface area contributed by atoms with E-state index in [0.717, 1.165) is 12.1 Å². The van der Waals surface area contributed by atoms with E-state index in [1.54, 1.807) is 0 Å². The summed E-state index contributed by atoms with van der Waals surface area (Å²) in [5, 5.41) is 0. The second kappa shape index (κ2) is 4.70. The van der Waals surface area contributed by atoms with Crippen molar-refractivity contribution < 1.29 is 9.53 Å². The van der Waals surface area contributed by atoms with Crippen molar-refractivity contribution in [3.63, 3.8) is 0 Å². The van der Waals surface area contributed by atoms with Crippen molar-refractivity contribution in [1.29, 1.82) is 0 Å². The van der Waals surface area contributed by atoms with Gasteiger partial charge in [0.25, 0.3) is 6.47 Å². The Hall–Kier alpha value is -1.64. The van der Waals surface area contributed by atoms with Crippen LogP contribution >= 0.6 is 0 Å². The van der Waals surface area contributed by atoms with Crippen LogP contribution < -0.4 is 0 Å². The number of carbonyl (C=O) groups is 1. The van der Waals surface area contributed by atoms with Crippen molar-refractivity contribution in [3.8, 4) is 0 Å². The number of fused-ring (bicyclic) bond motifs is 1. The molecule has 2 rings (SSSR count). The lowest BCUT2D eigenvalue weighted by Gasteiger charge is -2.29. The Bertz CT molecular complexity index is 449. The SMILES string of the molecule is CC1(C)Cc2ccccc2C(CCOC=O)=N1. The third kappa shape index (κ3) is 2.73. The number of carbonyl (C=O) groups excluding carboxylic acids is 1. The number of ether oxygens (including phenoxy) is 1. The summed E-state index contributed by atoms with van der Waals surface area (Å²) >= 11 is 0. The van der Waals surface area contributed by atoms with Gasteiger partial charge < -0.3 is 4.74 Å². The van der Waals surface area contributed by atoms with Gasteiger partial charge in [0.05, 0.1) is 12.1 Å². The molecule has 90 valence electrons. The summed E-state index contributed by atoms with van der Waals surface area (Å²) in [5.74, 6) is 0. The van der Waals surface area contributed by atoms with E-state index >= 15 is 0 Å². The molecule has 0 aromatic heterocycles. The first-order chi connectivity index (χ1) is 8.12. The molecule has 0 saturated carbocycles. The van der Waals surface area contributed by atoms with E-state index in [2.05, 4.69) is 32.0 Å². The van der Waals surface area contributed by atoms with E-state index in [1.807, 2.05) is 6.07 Å². The summed E-state index contributed by atoms with van der Waals surface area (Å²) in [6.07, 6.45) is 1.64. The van der Waals surface area contributed by atoms with Gasteiger partial charge in [-0.3, -0.25) is 9.79 Å². The average Bonchev–Trinajstić information content (AvgIpc) is 2.28. The summed E-state index contributed by atoms with van der Waals surface area (Å²) in [6, 6.07) is 8.31. The van der Waals surface area contributed by atoms with Crippen molar-refractivity contribution in [1.82, 2.24) is 0 Å². The van der Waals surface area contributed by atoms with Crippen molar-refractivity contribution in [3.05, 3.63) is 35.4 Å². The lowest BCUT2D eigenvalue weighted by Crippen LogP contribution is -2.29. The van der Waals surface area contributed by atoms with E-state index in [1.165, 1.54) is 11.1 Å². The molecule has 0 amide bonds. The van der Waals surface area contributed by atoms with Crippen molar-refractivity contribution in [2.75, 3.05) is 6.61 Å². The Kier molecular flexibility index (Phi) is 3.27. The molecule has 0 bridgehead atoms. The van der Waals surface area contributed by atoms with Gasteiger partial charge in [0.15, 0.2) is 0 Å². The van der Waals surface area contributed by atoms with Crippen LogP contribution in [-0.2, 0) is 16.0 Å². The molecular formula is C14H17NO2. The summed E-state index contributed by atoms with van der Waals surface area (Å²) < 4.78 is 4.76. The van der Waals surface area contributed by atoms with E-state index in [4.69, 9.17) is 9.73 Å². The molecule has 17 heavy (non-hydrogen) atoms. The monoisotopic (exact) mass is 231 g/mol. The highest BCUT2D eigenvalue weighted by Gasteiger charge is 2.25. The highest BCUT2D eigenvalue weighted by Crippen LogP contribution is 2.27. The molecule has 0 aliphatic carbocycles. The number of benzene rings is 1. The topological polar surface area (TPSA) is 38.7 Å². The molecule has 1 aromatic rings. The van der Waals surface area contributed by atoms with Crippen molar-refractivity contribution in [2.24, 2.45) is 4.99 Å². The van der Waals surface area contributed by atoms with Gasteiger partial charge in [0, 0.05) is 12.1 Å². The fourth-order valence-electron chi connectivity index (χ4n) is 2.28. The predicted molar refractivity (Wildman–Crippen MR) is 67.4 cm³/mol. The molecule has 1 heterocycles. The molecule has 0 saturated heterocycles. The minimum absolute atomic E-state index is 0.0646. The normalized spacial score (nSPS) is 16.9. The van der Waals surface area contributed by atoms with E-state index in [9.17, 15) is 4.79 Å². The van der Waals surface area contributed by atoms with Crippen LogP contribution in [0.4, 0.5) is 0 Å². The van der Waals surface area contributed by atoms with Crippen LogP contribution in [-0.4, -0.2) is 24.3 Å². The Morgan fingerprint density at radius 3 is 2.94 bits per heavy atom. The van der Waals surface area contributed by atoms with Gasteiger partial charge >= 0.3 is 0 Å². The van der Waals surface area contributed by atoms with Crippen LogP contribution in [0.15, 0.2) is 29.3 Å². The summed E-state index contributed by atoms with van der Waals surface area (Å²) in [7, 11) is 0. The van der Waals surface area contributed by atoms with Crippen LogP contribution in [0, 0.1) is 0 Å². The largest absolute Gasteiger partial charge is 0.467 e. The Morgan fingerprint density at radius 2 is 2.18 bits per heavy atom. The molecule has 3 nitrogen and oxygen atoms in total. The Labute approximate surface area is 102 Å². The van der Waals surface area contributed by atoms with Gasteiger partial charge in [-0.25, -0.2) is 0 Å². The van der Waals surface area contributed by atoms with Crippen LogP contribution in [0.25, 0.3) is 0 Å². The predicted octanol–water partition coefficient (Wildman–Crippen LogP) is 2.37. The first-order valence-electron chi connectivity index (χ1n) is 5.85. The molecule has 1 aliphatic heterocycles. The first kappa shape index (κ1) is 11.8. The quantitative estimate of drug-likeness (QED) is 0.589. The summed E-state index contributed by atoms with van der Waals surface area (Å²) in [5.41, 5.74) is 3.50. The van der Waals surface area contributed by atoms with Gasteiger partial charge in [-0.2, -0.15) is 0 Å². The van der Waals surface area contributed by atoms with E-state index < -0.39 is 0 Å². The highest BCUT2D eigenvalue weighted by molar-refractivity contribution is 6.03. The molecule has 0 radical (unpaired) electrons. The summed E-state index contributed by atoms with van der Waals surface area (Å²) in [6.45, 7) is 5.14. The lowest BCUT2D eigenvalue weighted by molar-refractivity contribution is -0.128. The molecule has 0 fully saturated rings.